The number of nitriles is 1. The van der Waals surface area contributed by atoms with Crippen molar-refractivity contribution in [3.8, 4) is 11.8 Å². The quantitative estimate of drug-likeness (QED) is 0.438. The molecule has 0 saturated heterocycles. The maximum atomic E-state index is 12.2. The highest BCUT2D eigenvalue weighted by molar-refractivity contribution is 6.01. The number of hydrogen-bond acceptors (Lipinski definition) is 5. The molecule has 0 spiro atoms. The maximum Gasteiger partial charge on any atom is 0.335 e. The van der Waals surface area contributed by atoms with Crippen LogP contribution < -0.4 is 10.1 Å². The molecule has 0 atom stereocenters. The first-order valence-corrected chi connectivity index (χ1v) is 9.02. The van der Waals surface area contributed by atoms with Crippen molar-refractivity contribution in [3.63, 3.8) is 0 Å². The van der Waals surface area contributed by atoms with Crippen LogP contribution in [0.25, 0.3) is 6.08 Å². The lowest BCUT2D eigenvalue weighted by molar-refractivity contribution is -0.117. The van der Waals surface area contributed by atoms with Crippen LogP contribution >= 0.6 is 0 Å². The molecule has 0 aliphatic carbocycles. The Labute approximate surface area is 172 Å². The summed E-state index contributed by atoms with van der Waals surface area (Å²) in [6.45, 7) is 0.412. The van der Waals surface area contributed by atoms with Gasteiger partial charge in [-0.3, -0.25) is 4.79 Å². The first-order chi connectivity index (χ1) is 14.5. The van der Waals surface area contributed by atoms with Crippen LogP contribution in [0.15, 0.2) is 76.9 Å². The third-order valence-electron chi connectivity index (χ3n) is 4.14. The summed E-state index contributed by atoms with van der Waals surface area (Å²) in [7, 11) is 0. The second kappa shape index (κ2) is 9.75. The highest BCUT2D eigenvalue weighted by Crippen LogP contribution is 2.17. The van der Waals surface area contributed by atoms with Crippen LogP contribution in [-0.4, -0.2) is 17.0 Å². The number of rotatable bonds is 8. The first-order valence-electron chi connectivity index (χ1n) is 9.02. The topological polar surface area (TPSA) is 113 Å². The third-order valence-corrected chi connectivity index (χ3v) is 4.14. The molecule has 3 aromatic rings. The molecule has 3 rings (SSSR count). The van der Waals surface area contributed by atoms with E-state index in [-0.39, 0.29) is 24.3 Å². The number of furan rings is 1. The lowest BCUT2D eigenvalue weighted by atomic mass is 10.1. The van der Waals surface area contributed by atoms with E-state index in [4.69, 9.17) is 14.3 Å². The van der Waals surface area contributed by atoms with Gasteiger partial charge in [-0.2, -0.15) is 5.26 Å². The largest absolute Gasteiger partial charge is 0.489 e. The summed E-state index contributed by atoms with van der Waals surface area (Å²) in [5.74, 6) is -0.313. The fourth-order valence-corrected chi connectivity index (χ4v) is 2.61. The number of hydrogen-bond donors (Lipinski definition) is 2. The van der Waals surface area contributed by atoms with E-state index in [0.717, 1.165) is 5.56 Å². The molecular formula is C23H18N2O5. The van der Waals surface area contributed by atoms with Gasteiger partial charge in [0.2, 0.25) is 0 Å². The van der Waals surface area contributed by atoms with E-state index in [1.165, 1.54) is 18.4 Å². The number of nitrogens with one attached hydrogen (secondary N) is 1. The molecule has 2 aromatic carbocycles. The van der Waals surface area contributed by atoms with Gasteiger partial charge in [0.1, 0.15) is 29.8 Å². The summed E-state index contributed by atoms with van der Waals surface area (Å²) in [5, 5.41) is 20.9. The van der Waals surface area contributed by atoms with Gasteiger partial charge in [-0.25, -0.2) is 4.79 Å². The predicted molar refractivity (Wildman–Crippen MR) is 108 cm³/mol. The van der Waals surface area contributed by atoms with Crippen LogP contribution in [-0.2, 0) is 17.9 Å². The normalized spacial score (nSPS) is 10.8. The molecule has 30 heavy (non-hydrogen) atoms. The SMILES string of the molecule is N#C/C(=C\c1ccc(OCc2cccc(C(=O)O)c2)cc1)C(=O)NCc1ccco1. The van der Waals surface area contributed by atoms with Crippen molar-refractivity contribution in [1.82, 2.24) is 5.32 Å². The Balaban J connectivity index is 1.59. The molecule has 0 bridgehead atoms. The van der Waals surface area contributed by atoms with Gasteiger partial charge in [0, 0.05) is 0 Å². The molecule has 7 heteroatoms. The van der Waals surface area contributed by atoms with Crippen LogP contribution in [0.2, 0.25) is 0 Å². The number of benzene rings is 2. The fourth-order valence-electron chi connectivity index (χ4n) is 2.61. The number of carbonyl (C=O) groups is 2. The Bertz CT molecular complexity index is 1090. The molecular weight excluding hydrogens is 384 g/mol. The lowest BCUT2D eigenvalue weighted by Crippen LogP contribution is -2.23. The Morgan fingerprint density at radius 1 is 1.13 bits per heavy atom. The molecule has 0 aliphatic rings. The van der Waals surface area contributed by atoms with E-state index in [9.17, 15) is 14.9 Å². The molecule has 0 unspecified atom stereocenters. The molecule has 7 nitrogen and oxygen atoms in total. The minimum Gasteiger partial charge on any atom is -0.489 e. The number of aromatic carboxylic acids is 1. The van der Waals surface area contributed by atoms with Crippen LogP contribution in [0.4, 0.5) is 0 Å². The average molecular weight is 402 g/mol. The van der Waals surface area contributed by atoms with Gasteiger partial charge < -0.3 is 19.6 Å². The van der Waals surface area contributed by atoms with Crippen LogP contribution in [0.1, 0.15) is 27.2 Å². The van der Waals surface area contributed by atoms with E-state index in [2.05, 4.69) is 5.32 Å². The van der Waals surface area contributed by atoms with Gasteiger partial charge >= 0.3 is 5.97 Å². The smallest absolute Gasteiger partial charge is 0.335 e. The molecule has 1 amide bonds. The highest BCUT2D eigenvalue weighted by atomic mass is 16.5. The van der Waals surface area contributed by atoms with E-state index >= 15 is 0 Å². The number of nitrogens with zero attached hydrogens (tertiary/aromatic N) is 1. The summed E-state index contributed by atoms with van der Waals surface area (Å²) < 4.78 is 10.8. The third kappa shape index (κ3) is 5.59. The Morgan fingerprint density at radius 2 is 1.93 bits per heavy atom. The zero-order valence-corrected chi connectivity index (χ0v) is 15.9. The van der Waals surface area contributed by atoms with E-state index in [1.807, 2.05) is 6.07 Å². The van der Waals surface area contributed by atoms with Crippen molar-refractivity contribution in [2.45, 2.75) is 13.2 Å². The number of amides is 1. The van der Waals surface area contributed by atoms with Gasteiger partial charge in [0.05, 0.1) is 18.4 Å². The summed E-state index contributed by atoms with van der Waals surface area (Å²) in [6, 6.07) is 18.7. The summed E-state index contributed by atoms with van der Waals surface area (Å²) in [5.41, 5.74) is 1.57. The molecule has 0 fully saturated rings. The number of carboxylic acid groups (broad SMARTS) is 1. The van der Waals surface area contributed by atoms with Crippen molar-refractivity contribution in [2.24, 2.45) is 0 Å². The summed E-state index contributed by atoms with van der Waals surface area (Å²) in [6.07, 6.45) is 2.99. The Hall–Kier alpha value is -4.31. The zero-order chi connectivity index (χ0) is 21.3. The van der Waals surface area contributed by atoms with Crippen molar-refractivity contribution in [2.75, 3.05) is 0 Å². The van der Waals surface area contributed by atoms with Gasteiger partial charge in [-0.1, -0.05) is 24.3 Å². The van der Waals surface area contributed by atoms with Crippen molar-refractivity contribution in [3.05, 3.63) is 95.0 Å². The molecule has 2 N–H and O–H groups in total. The predicted octanol–water partition coefficient (Wildman–Crippen LogP) is 3.78. The molecule has 0 radical (unpaired) electrons. The van der Waals surface area contributed by atoms with E-state index in [1.54, 1.807) is 54.6 Å². The van der Waals surface area contributed by atoms with Gasteiger partial charge in [0.15, 0.2) is 0 Å². The fraction of sp³-hybridized carbons (Fsp3) is 0.0870. The lowest BCUT2D eigenvalue weighted by Gasteiger charge is -2.07. The van der Waals surface area contributed by atoms with E-state index in [0.29, 0.717) is 17.1 Å². The van der Waals surface area contributed by atoms with Crippen LogP contribution in [0.5, 0.6) is 5.75 Å². The Kier molecular flexibility index (Phi) is 6.64. The second-order valence-corrected chi connectivity index (χ2v) is 6.30. The first kappa shape index (κ1) is 20.4. The summed E-state index contributed by atoms with van der Waals surface area (Å²) >= 11 is 0. The number of ether oxygens (including phenoxy) is 1. The zero-order valence-electron chi connectivity index (χ0n) is 15.9. The molecule has 150 valence electrons. The molecule has 0 aliphatic heterocycles. The van der Waals surface area contributed by atoms with Crippen LogP contribution in [0.3, 0.4) is 0 Å². The van der Waals surface area contributed by atoms with Crippen molar-refractivity contribution in [1.29, 1.82) is 5.26 Å². The standard InChI is InChI=1S/C23H18N2O5/c24-13-19(22(26)25-14-21-5-2-10-29-21)11-16-6-8-20(9-7-16)30-15-17-3-1-4-18(12-17)23(27)28/h1-12H,14-15H2,(H,25,26)(H,27,28)/b19-11+. The van der Waals surface area contributed by atoms with Gasteiger partial charge in [-0.05, 0) is 53.6 Å². The van der Waals surface area contributed by atoms with Gasteiger partial charge in [0.25, 0.3) is 5.91 Å². The number of carbonyl (C=O) groups excluding carboxylic acids is 1. The van der Waals surface area contributed by atoms with Gasteiger partial charge in [-0.15, -0.1) is 0 Å². The minimum atomic E-state index is -0.991. The Morgan fingerprint density at radius 3 is 2.60 bits per heavy atom. The van der Waals surface area contributed by atoms with Crippen molar-refractivity contribution < 1.29 is 23.8 Å². The van der Waals surface area contributed by atoms with Crippen molar-refractivity contribution >= 4 is 18.0 Å². The molecule has 0 saturated carbocycles. The number of carboxylic acids is 1. The summed E-state index contributed by atoms with van der Waals surface area (Å²) in [4.78, 5) is 23.2. The second-order valence-electron chi connectivity index (χ2n) is 6.30. The monoisotopic (exact) mass is 402 g/mol. The maximum absolute atomic E-state index is 12.2. The van der Waals surface area contributed by atoms with E-state index < -0.39 is 11.9 Å². The molecule has 1 heterocycles. The van der Waals surface area contributed by atoms with Crippen LogP contribution in [0, 0.1) is 11.3 Å². The minimum absolute atomic E-state index is 0.0271. The highest BCUT2D eigenvalue weighted by Gasteiger charge is 2.10. The molecule has 1 aromatic heterocycles. The average Bonchev–Trinajstić information content (AvgIpc) is 3.29.